The van der Waals surface area contributed by atoms with E-state index in [4.69, 9.17) is 14.2 Å². The second-order valence-electron chi connectivity index (χ2n) is 5.49. The molecule has 0 heterocycles. The summed E-state index contributed by atoms with van der Waals surface area (Å²) in [6.45, 7) is 4.50. The minimum atomic E-state index is 0. The van der Waals surface area contributed by atoms with Crippen molar-refractivity contribution < 1.29 is 14.2 Å². The molecule has 0 aliphatic heterocycles. The third kappa shape index (κ3) is 8.04. The fraction of sp³-hybridized carbons (Fsp3) is 0.350. The molecule has 0 bridgehead atoms. The lowest BCUT2D eigenvalue weighted by molar-refractivity contribution is 0.128. The molecule has 6 nitrogen and oxygen atoms in total. The first-order chi connectivity index (χ1) is 12.8. The highest BCUT2D eigenvalue weighted by atomic mass is 127. The summed E-state index contributed by atoms with van der Waals surface area (Å²) in [6, 6.07) is 15.7. The number of benzene rings is 2. The summed E-state index contributed by atoms with van der Waals surface area (Å²) in [6.07, 6.45) is 0. The second kappa shape index (κ2) is 13.2. The third-order valence-corrected chi connectivity index (χ3v) is 3.61. The zero-order valence-corrected chi connectivity index (χ0v) is 18.4. The van der Waals surface area contributed by atoms with Crippen molar-refractivity contribution in [1.82, 2.24) is 5.32 Å². The van der Waals surface area contributed by atoms with Crippen molar-refractivity contribution in [2.75, 3.05) is 39.2 Å². The molecule has 2 aromatic rings. The number of rotatable bonds is 9. The molecule has 2 aromatic carbocycles. The molecule has 0 spiro atoms. The van der Waals surface area contributed by atoms with E-state index in [0.717, 1.165) is 17.8 Å². The average Bonchev–Trinajstić information content (AvgIpc) is 2.68. The number of halogens is 1. The highest BCUT2D eigenvalue weighted by Crippen LogP contribution is 2.29. The van der Waals surface area contributed by atoms with E-state index in [1.54, 1.807) is 14.2 Å². The fourth-order valence-electron chi connectivity index (χ4n) is 2.34. The molecule has 0 unspecified atom stereocenters. The Hall–Kier alpha value is -2.00. The largest absolute Gasteiger partial charge is 0.493 e. The Kier molecular flexibility index (Phi) is 11.3. The van der Waals surface area contributed by atoms with E-state index in [1.165, 1.54) is 0 Å². The summed E-state index contributed by atoms with van der Waals surface area (Å²) >= 11 is 0. The predicted octanol–water partition coefficient (Wildman–Crippen LogP) is 3.92. The average molecular weight is 485 g/mol. The van der Waals surface area contributed by atoms with Gasteiger partial charge in [0.15, 0.2) is 17.5 Å². The lowest BCUT2D eigenvalue weighted by Crippen LogP contribution is -2.31. The van der Waals surface area contributed by atoms with Crippen LogP contribution in [0.25, 0.3) is 0 Å². The molecule has 0 saturated heterocycles. The molecule has 0 atom stereocenters. The summed E-state index contributed by atoms with van der Waals surface area (Å²) in [7, 11) is 3.23. The van der Waals surface area contributed by atoms with E-state index >= 15 is 0 Å². The van der Waals surface area contributed by atoms with Crippen LogP contribution in [0, 0.1) is 0 Å². The van der Waals surface area contributed by atoms with Crippen LogP contribution >= 0.6 is 24.0 Å². The SMILES string of the molecule is CCNC(=NCCOCc1ccccc1)Nc1ccc(OC)c(OC)c1.I. The number of aliphatic imine (C=N–C) groups is 1. The molecular formula is C20H28IN3O3. The maximum Gasteiger partial charge on any atom is 0.195 e. The van der Waals surface area contributed by atoms with Gasteiger partial charge in [-0.1, -0.05) is 30.3 Å². The highest BCUT2D eigenvalue weighted by molar-refractivity contribution is 14.0. The Labute approximate surface area is 178 Å². The van der Waals surface area contributed by atoms with Gasteiger partial charge in [-0.15, -0.1) is 24.0 Å². The zero-order valence-electron chi connectivity index (χ0n) is 16.0. The highest BCUT2D eigenvalue weighted by Gasteiger charge is 2.06. The van der Waals surface area contributed by atoms with Crippen LogP contribution in [-0.2, 0) is 11.3 Å². The van der Waals surface area contributed by atoms with E-state index in [0.29, 0.717) is 37.2 Å². The first-order valence-corrected chi connectivity index (χ1v) is 8.65. The molecule has 2 N–H and O–H groups in total. The topological polar surface area (TPSA) is 64.1 Å². The third-order valence-electron chi connectivity index (χ3n) is 3.61. The van der Waals surface area contributed by atoms with Gasteiger partial charge in [0.2, 0.25) is 0 Å². The Morgan fingerprint density at radius 1 is 1.00 bits per heavy atom. The molecule has 0 aliphatic carbocycles. The molecule has 148 valence electrons. The van der Waals surface area contributed by atoms with Gasteiger partial charge >= 0.3 is 0 Å². The summed E-state index contributed by atoms with van der Waals surface area (Å²) in [5.41, 5.74) is 2.03. The molecule has 27 heavy (non-hydrogen) atoms. The van der Waals surface area contributed by atoms with E-state index < -0.39 is 0 Å². The number of nitrogens with zero attached hydrogens (tertiary/aromatic N) is 1. The summed E-state index contributed by atoms with van der Waals surface area (Å²) in [4.78, 5) is 4.54. The molecule has 2 rings (SSSR count). The first kappa shape index (κ1) is 23.0. The van der Waals surface area contributed by atoms with Crippen molar-refractivity contribution in [1.29, 1.82) is 0 Å². The number of hydrogen-bond acceptors (Lipinski definition) is 4. The minimum Gasteiger partial charge on any atom is -0.493 e. The van der Waals surface area contributed by atoms with Crippen LogP contribution in [0.4, 0.5) is 5.69 Å². The van der Waals surface area contributed by atoms with Gasteiger partial charge in [-0.2, -0.15) is 0 Å². The molecule has 7 heteroatoms. The van der Waals surface area contributed by atoms with Gasteiger partial charge in [0, 0.05) is 18.3 Å². The number of ether oxygens (including phenoxy) is 3. The van der Waals surface area contributed by atoms with Gasteiger partial charge in [-0.25, -0.2) is 0 Å². The van der Waals surface area contributed by atoms with Crippen molar-refractivity contribution in [2.24, 2.45) is 4.99 Å². The molecule has 0 aromatic heterocycles. The van der Waals surface area contributed by atoms with Crippen molar-refractivity contribution in [3.8, 4) is 11.5 Å². The van der Waals surface area contributed by atoms with Crippen LogP contribution in [0.1, 0.15) is 12.5 Å². The molecule has 0 amide bonds. The van der Waals surface area contributed by atoms with Crippen molar-refractivity contribution in [3.05, 3.63) is 54.1 Å². The molecule has 0 radical (unpaired) electrons. The Morgan fingerprint density at radius 2 is 1.74 bits per heavy atom. The maximum absolute atomic E-state index is 5.67. The quantitative estimate of drug-likeness (QED) is 0.244. The van der Waals surface area contributed by atoms with Crippen LogP contribution in [-0.4, -0.2) is 39.9 Å². The second-order valence-corrected chi connectivity index (χ2v) is 5.49. The fourth-order valence-corrected chi connectivity index (χ4v) is 2.34. The van der Waals surface area contributed by atoms with E-state index in [9.17, 15) is 0 Å². The zero-order chi connectivity index (χ0) is 18.6. The van der Waals surface area contributed by atoms with Gasteiger partial charge in [-0.05, 0) is 24.6 Å². The number of anilines is 1. The van der Waals surface area contributed by atoms with E-state index in [-0.39, 0.29) is 24.0 Å². The van der Waals surface area contributed by atoms with Crippen LogP contribution in [0.15, 0.2) is 53.5 Å². The maximum atomic E-state index is 5.67. The minimum absolute atomic E-state index is 0. The lowest BCUT2D eigenvalue weighted by atomic mass is 10.2. The number of nitrogens with one attached hydrogen (secondary N) is 2. The normalized spacial score (nSPS) is 10.7. The van der Waals surface area contributed by atoms with Crippen LogP contribution in [0.2, 0.25) is 0 Å². The summed E-state index contributed by atoms with van der Waals surface area (Å²) in [5, 5.41) is 6.48. The van der Waals surface area contributed by atoms with Crippen LogP contribution < -0.4 is 20.1 Å². The van der Waals surface area contributed by atoms with Gasteiger partial charge in [0.05, 0.1) is 34.0 Å². The number of methoxy groups -OCH3 is 2. The monoisotopic (exact) mass is 485 g/mol. The Morgan fingerprint density at radius 3 is 2.41 bits per heavy atom. The lowest BCUT2D eigenvalue weighted by Gasteiger charge is -2.14. The predicted molar refractivity (Wildman–Crippen MR) is 121 cm³/mol. The van der Waals surface area contributed by atoms with Crippen molar-refractivity contribution in [2.45, 2.75) is 13.5 Å². The standard InChI is InChI=1S/C20H27N3O3.HI/c1-4-21-20(22-12-13-26-15-16-8-6-5-7-9-16)23-17-10-11-18(24-2)19(14-17)25-3;/h5-11,14H,4,12-13,15H2,1-3H3,(H2,21,22,23);1H. The van der Waals surface area contributed by atoms with Gasteiger partial charge in [0.25, 0.3) is 0 Å². The van der Waals surface area contributed by atoms with Crippen molar-refractivity contribution in [3.63, 3.8) is 0 Å². The molecule has 0 aliphatic rings. The first-order valence-electron chi connectivity index (χ1n) is 8.65. The summed E-state index contributed by atoms with van der Waals surface area (Å²) < 4.78 is 16.3. The van der Waals surface area contributed by atoms with Gasteiger partial charge in [0.1, 0.15) is 0 Å². The Balaban J connectivity index is 0.00000364. The van der Waals surface area contributed by atoms with Crippen molar-refractivity contribution >= 4 is 35.6 Å². The van der Waals surface area contributed by atoms with E-state index in [1.807, 2.05) is 55.5 Å². The van der Waals surface area contributed by atoms with Crippen LogP contribution in [0.3, 0.4) is 0 Å². The molecule has 0 saturated carbocycles. The summed E-state index contributed by atoms with van der Waals surface area (Å²) in [5.74, 6) is 2.05. The van der Waals surface area contributed by atoms with E-state index in [2.05, 4.69) is 15.6 Å². The van der Waals surface area contributed by atoms with Gasteiger partial charge < -0.3 is 24.8 Å². The molecule has 0 fully saturated rings. The molecular weight excluding hydrogens is 457 g/mol. The Bertz CT molecular complexity index is 696. The van der Waals surface area contributed by atoms with Gasteiger partial charge in [-0.3, -0.25) is 4.99 Å². The smallest absolute Gasteiger partial charge is 0.195 e. The number of guanidine groups is 1. The number of hydrogen-bond donors (Lipinski definition) is 2. The van der Waals surface area contributed by atoms with Crippen LogP contribution in [0.5, 0.6) is 11.5 Å².